The summed E-state index contributed by atoms with van der Waals surface area (Å²) in [6, 6.07) is 17.0. The molecule has 2 aromatic carbocycles. The maximum absolute atomic E-state index is 12.5. The third-order valence-corrected chi connectivity index (χ3v) is 6.90. The van der Waals surface area contributed by atoms with E-state index < -0.39 is 5.97 Å². The maximum Gasteiger partial charge on any atom is 0.348 e. The molecule has 0 bridgehead atoms. The molecule has 0 unspecified atom stereocenters. The summed E-state index contributed by atoms with van der Waals surface area (Å²) < 4.78 is 5.12. The summed E-state index contributed by atoms with van der Waals surface area (Å²) in [6.45, 7) is 7.70. The van der Waals surface area contributed by atoms with Crippen LogP contribution in [0.2, 0.25) is 0 Å². The molecule has 1 aliphatic heterocycles. The summed E-state index contributed by atoms with van der Waals surface area (Å²) in [5.74, 6) is -0.321. The highest BCUT2D eigenvalue weighted by Crippen LogP contribution is 2.24. The van der Waals surface area contributed by atoms with Gasteiger partial charge in [-0.25, -0.2) is 4.79 Å². The van der Waals surface area contributed by atoms with E-state index in [2.05, 4.69) is 22.1 Å². The van der Waals surface area contributed by atoms with Crippen molar-refractivity contribution in [1.29, 1.82) is 5.26 Å². The van der Waals surface area contributed by atoms with Crippen molar-refractivity contribution in [3.05, 3.63) is 59.7 Å². The van der Waals surface area contributed by atoms with E-state index in [1.807, 2.05) is 42.2 Å². The smallest absolute Gasteiger partial charge is 0.348 e. The topological polar surface area (TPSA) is 98.4 Å². The quantitative estimate of drug-likeness (QED) is 0.0815. The molecule has 3 rings (SSSR count). The van der Waals surface area contributed by atoms with Crippen LogP contribution in [-0.4, -0.2) is 49.6 Å². The van der Waals surface area contributed by atoms with Gasteiger partial charge in [0.1, 0.15) is 11.6 Å². The number of hydrogen-bond donors (Lipinski definition) is 0. The number of esters is 1. The molecule has 0 aliphatic carbocycles. The number of amides is 1. The van der Waals surface area contributed by atoms with Gasteiger partial charge < -0.3 is 14.5 Å². The molecule has 0 spiro atoms. The Kier molecular flexibility index (Phi) is 12.9. The summed E-state index contributed by atoms with van der Waals surface area (Å²) in [5, 5.41) is 17.9. The number of azo groups is 1. The van der Waals surface area contributed by atoms with Crippen LogP contribution >= 0.6 is 0 Å². The zero-order valence-electron chi connectivity index (χ0n) is 23.8. The minimum atomic E-state index is -0.605. The molecule has 1 heterocycles. The van der Waals surface area contributed by atoms with Gasteiger partial charge in [0, 0.05) is 38.3 Å². The molecule has 0 radical (unpaired) electrons. The Morgan fingerprint density at radius 3 is 2.05 bits per heavy atom. The van der Waals surface area contributed by atoms with E-state index in [1.54, 1.807) is 24.3 Å². The normalized spacial score (nSPS) is 13.9. The van der Waals surface area contributed by atoms with Crippen molar-refractivity contribution >= 4 is 35.0 Å². The van der Waals surface area contributed by atoms with Crippen LogP contribution in [0.5, 0.6) is 0 Å². The van der Waals surface area contributed by atoms with E-state index >= 15 is 0 Å². The van der Waals surface area contributed by atoms with Gasteiger partial charge in [0.05, 0.1) is 18.0 Å². The van der Waals surface area contributed by atoms with Gasteiger partial charge in [-0.2, -0.15) is 15.5 Å². The largest absolute Gasteiger partial charge is 0.462 e. The minimum absolute atomic E-state index is 0.0311. The van der Waals surface area contributed by atoms with Crippen molar-refractivity contribution in [2.45, 2.75) is 65.2 Å². The second-order valence-corrected chi connectivity index (χ2v) is 10.00. The van der Waals surface area contributed by atoms with Crippen molar-refractivity contribution in [3.63, 3.8) is 0 Å². The summed E-state index contributed by atoms with van der Waals surface area (Å²) in [7, 11) is 0. The van der Waals surface area contributed by atoms with Crippen molar-refractivity contribution in [2.75, 3.05) is 37.7 Å². The van der Waals surface area contributed by atoms with Gasteiger partial charge in [0.25, 0.3) is 0 Å². The number of rotatable bonds is 14. The third-order valence-electron chi connectivity index (χ3n) is 6.90. The van der Waals surface area contributed by atoms with Gasteiger partial charge in [0.2, 0.25) is 5.91 Å². The fraction of sp³-hybridized carbons (Fsp3) is 0.469. The molecular weight excluding hydrogens is 502 g/mol. The molecule has 0 saturated carbocycles. The first-order chi connectivity index (χ1) is 19.5. The number of hydrogen-bond acceptors (Lipinski definition) is 7. The number of carbonyl (C=O) groups excluding carboxylic acids is 2. The van der Waals surface area contributed by atoms with Crippen LogP contribution in [0.1, 0.15) is 70.8 Å². The second-order valence-electron chi connectivity index (χ2n) is 10.00. The number of nitrogens with zero attached hydrogens (tertiary/aromatic N) is 5. The Hall–Kier alpha value is -3.99. The number of unbranched alkanes of at least 4 members (excludes halogenated alkanes) is 5. The van der Waals surface area contributed by atoms with E-state index in [1.165, 1.54) is 25.3 Å². The average molecular weight is 544 g/mol. The SMILES string of the molecule is CCCCCCCC(=O)N1CCN(c2ccc(N=Nc3ccc(/C=C(\C#N)C(=O)OCCCC)cc3)cc2)CC1. The van der Waals surface area contributed by atoms with E-state index in [4.69, 9.17) is 4.74 Å². The van der Waals surface area contributed by atoms with Gasteiger partial charge in [-0.15, -0.1) is 0 Å². The molecule has 0 N–H and O–H groups in total. The number of benzene rings is 2. The van der Waals surface area contributed by atoms with Crippen molar-refractivity contribution in [2.24, 2.45) is 10.2 Å². The van der Waals surface area contributed by atoms with Crippen LogP contribution in [0.15, 0.2) is 64.3 Å². The summed E-state index contributed by atoms with van der Waals surface area (Å²) >= 11 is 0. The molecule has 40 heavy (non-hydrogen) atoms. The molecule has 1 amide bonds. The highest BCUT2D eigenvalue weighted by atomic mass is 16.5. The predicted octanol–water partition coefficient (Wildman–Crippen LogP) is 7.36. The first kappa shape index (κ1) is 30.6. The zero-order chi connectivity index (χ0) is 28.6. The molecule has 1 saturated heterocycles. The van der Waals surface area contributed by atoms with Crippen LogP contribution in [0.4, 0.5) is 17.1 Å². The number of nitriles is 1. The zero-order valence-corrected chi connectivity index (χ0v) is 23.8. The lowest BCUT2D eigenvalue weighted by molar-refractivity contribution is -0.138. The Balaban J connectivity index is 1.47. The van der Waals surface area contributed by atoms with Crippen LogP contribution in [-0.2, 0) is 14.3 Å². The molecule has 1 fully saturated rings. The molecular formula is C32H41N5O3. The average Bonchev–Trinajstić information content (AvgIpc) is 2.99. The summed E-state index contributed by atoms with van der Waals surface area (Å²) in [5.41, 5.74) is 3.20. The first-order valence-electron chi connectivity index (χ1n) is 14.5. The lowest BCUT2D eigenvalue weighted by Gasteiger charge is -2.36. The Morgan fingerprint density at radius 1 is 0.850 bits per heavy atom. The third kappa shape index (κ3) is 9.96. The van der Waals surface area contributed by atoms with Crippen LogP contribution in [0.3, 0.4) is 0 Å². The van der Waals surface area contributed by atoms with E-state index in [0.29, 0.717) is 24.3 Å². The Morgan fingerprint density at radius 2 is 1.45 bits per heavy atom. The molecule has 212 valence electrons. The molecule has 8 heteroatoms. The minimum Gasteiger partial charge on any atom is -0.462 e. The number of ether oxygens (including phenoxy) is 1. The number of piperazine rings is 1. The lowest BCUT2D eigenvalue weighted by atomic mass is 10.1. The van der Waals surface area contributed by atoms with Crippen molar-refractivity contribution in [3.8, 4) is 6.07 Å². The van der Waals surface area contributed by atoms with Crippen molar-refractivity contribution < 1.29 is 14.3 Å². The summed E-state index contributed by atoms with van der Waals surface area (Å²) in [6.07, 6.45) is 9.70. The molecule has 1 aliphatic rings. The highest BCUT2D eigenvalue weighted by Gasteiger charge is 2.20. The van der Waals surface area contributed by atoms with Crippen molar-refractivity contribution in [1.82, 2.24) is 4.90 Å². The summed E-state index contributed by atoms with van der Waals surface area (Å²) in [4.78, 5) is 28.8. The maximum atomic E-state index is 12.5. The van der Waals surface area contributed by atoms with Crippen LogP contribution in [0, 0.1) is 11.3 Å². The monoisotopic (exact) mass is 543 g/mol. The Labute approximate surface area is 238 Å². The fourth-order valence-electron chi connectivity index (χ4n) is 4.43. The number of anilines is 1. The van der Waals surface area contributed by atoms with E-state index in [0.717, 1.165) is 63.2 Å². The van der Waals surface area contributed by atoms with E-state index in [-0.39, 0.29) is 11.5 Å². The molecule has 0 aromatic heterocycles. The van der Waals surface area contributed by atoms with Gasteiger partial charge in [-0.05, 0) is 60.9 Å². The predicted molar refractivity (Wildman–Crippen MR) is 159 cm³/mol. The van der Waals surface area contributed by atoms with Gasteiger partial charge in [-0.1, -0.05) is 58.1 Å². The molecule has 8 nitrogen and oxygen atoms in total. The number of carbonyl (C=O) groups is 2. The molecule has 0 atom stereocenters. The van der Waals surface area contributed by atoms with Crippen LogP contribution in [0.25, 0.3) is 6.08 Å². The molecule has 2 aromatic rings. The first-order valence-corrected chi connectivity index (χ1v) is 14.5. The van der Waals surface area contributed by atoms with Gasteiger partial charge in [-0.3, -0.25) is 4.79 Å². The van der Waals surface area contributed by atoms with E-state index in [9.17, 15) is 14.9 Å². The fourth-order valence-corrected chi connectivity index (χ4v) is 4.43. The highest BCUT2D eigenvalue weighted by molar-refractivity contribution is 5.97. The standard InChI is InChI=1S/C32H41N5O3/c1-3-5-7-8-9-10-31(38)37-21-19-36(20-22-37)30-17-15-29(16-18-30)35-34-28-13-11-26(12-14-28)24-27(25-33)32(39)40-23-6-4-2/h11-18,24H,3-10,19-23H2,1-2H3/b27-24+,35-34?. The van der Waals surface area contributed by atoms with Gasteiger partial charge >= 0.3 is 5.97 Å². The van der Waals surface area contributed by atoms with Gasteiger partial charge in [0.15, 0.2) is 0 Å². The second kappa shape index (κ2) is 16.9. The Bertz CT molecular complexity index is 1170. The van der Waals surface area contributed by atoms with Crippen LogP contribution < -0.4 is 4.90 Å². The lowest BCUT2D eigenvalue weighted by Crippen LogP contribution is -2.48.